The lowest BCUT2D eigenvalue weighted by atomic mass is 9.78. The average Bonchev–Trinajstić information content (AvgIpc) is 2.83. The molecule has 39 heavy (non-hydrogen) atoms. The molecular formula is C31H32Cl2N2O4. The number of carbonyl (C=O) groups excluding carboxylic acids is 2. The van der Waals surface area contributed by atoms with Crippen molar-refractivity contribution in [3.63, 3.8) is 0 Å². The molecule has 0 unspecified atom stereocenters. The van der Waals surface area contributed by atoms with Crippen LogP contribution < -0.4 is 0 Å². The Kier molecular flexibility index (Phi) is 10.5. The number of hydrogen-bond donors (Lipinski definition) is 0. The van der Waals surface area contributed by atoms with E-state index in [4.69, 9.17) is 32.7 Å². The predicted octanol–water partition coefficient (Wildman–Crippen LogP) is 7.96. The molecule has 204 valence electrons. The maximum atomic E-state index is 13.3. The summed E-state index contributed by atoms with van der Waals surface area (Å²) in [5.41, 5.74) is -2.33. The Morgan fingerprint density at radius 2 is 1.05 bits per heavy atom. The molecular weight excluding hydrogens is 535 g/mol. The fourth-order valence-corrected chi connectivity index (χ4v) is 3.89. The van der Waals surface area contributed by atoms with Crippen LogP contribution in [0.1, 0.15) is 65.5 Å². The van der Waals surface area contributed by atoms with Crippen LogP contribution in [0.4, 0.5) is 0 Å². The summed E-state index contributed by atoms with van der Waals surface area (Å²) in [5, 5.41) is 21.3. The van der Waals surface area contributed by atoms with Gasteiger partial charge in [0.05, 0.1) is 12.1 Å². The molecule has 0 atom stereocenters. The monoisotopic (exact) mass is 566 g/mol. The number of carbonyl (C=O) groups is 2. The van der Waals surface area contributed by atoms with Crippen LogP contribution in [0.2, 0.25) is 10.0 Å². The zero-order valence-corrected chi connectivity index (χ0v) is 24.5. The SMILES string of the molecule is CC(C)(C)OC(=O)/C(=C/c1ccccc1Cl)CC(C#N)(C#N)C/C(=C\c1ccccc1Cl)C(=O)OC(C)(C)C. The minimum atomic E-state index is -1.83. The van der Waals surface area contributed by atoms with Crippen molar-refractivity contribution in [3.05, 3.63) is 80.8 Å². The molecule has 2 aromatic rings. The van der Waals surface area contributed by atoms with E-state index in [1.54, 1.807) is 90.1 Å². The van der Waals surface area contributed by atoms with E-state index in [2.05, 4.69) is 0 Å². The second-order valence-electron chi connectivity index (χ2n) is 11.0. The number of nitrogens with zero attached hydrogens (tertiary/aromatic N) is 2. The lowest BCUT2D eigenvalue weighted by Crippen LogP contribution is -2.30. The van der Waals surface area contributed by atoms with Gasteiger partial charge in [0.2, 0.25) is 0 Å². The molecule has 0 aliphatic heterocycles. The first-order valence-corrected chi connectivity index (χ1v) is 13.0. The third kappa shape index (κ3) is 9.91. The molecule has 2 rings (SSSR count). The van der Waals surface area contributed by atoms with Crippen LogP contribution in [0.5, 0.6) is 0 Å². The number of rotatable bonds is 8. The first-order valence-electron chi connectivity index (χ1n) is 12.3. The maximum Gasteiger partial charge on any atom is 0.334 e. The Morgan fingerprint density at radius 3 is 1.33 bits per heavy atom. The lowest BCUT2D eigenvalue weighted by Gasteiger charge is -2.26. The van der Waals surface area contributed by atoms with Crippen molar-refractivity contribution in [2.45, 2.75) is 65.6 Å². The van der Waals surface area contributed by atoms with E-state index in [1.165, 1.54) is 12.2 Å². The first-order chi connectivity index (χ1) is 18.1. The van der Waals surface area contributed by atoms with Gasteiger partial charge in [0.25, 0.3) is 0 Å². The zero-order chi connectivity index (χ0) is 29.4. The van der Waals surface area contributed by atoms with Crippen molar-refractivity contribution in [2.75, 3.05) is 0 Å². The molecule has 0 heterocycles. The Balaban J connectivity index is 2.64. The van der Waals surface area contributed by atoms with E-state index in [-0.39, 0.29) is 24.0 Å². The van der Waals surface area contributed by atoms with E-state index < -0.39 is 28.6 Å². The van der Waals surface area contributed by atoms with Crippen LogP contribution >= 0.6 is 23.2 Å². The number of hydrogen-bond acceptors (Lipinski definition) is 6. The van der Waals surface area contributed by atoms with Crippen molar-refractivity contribution in [1.29, 1.82) is 10.5 Å². The molecule has 0 radical (unpaired) electrons. The Bertz CT molecular complexity index is 1260. The van der Waals surface area contributed by atoms with Gasteiger partial charge < -0.3 is 9.47 Å². The number of benzene rings is 2. The maximum absolute atomic E-state index is 13.3. The molecule has 0 fully saturated rings. The molecule has 0 spiro atoms. The Morgan fingerprint density at radius 1 is 0.718 bits per heavy atom. The second kappa shape index (κ2) is 13.0. The van der Waals surface area contributed by atoms with Gasteiger partial charge in [0.1, 0.15) is 11.2 Å². The summed E-state index contributed by atoms with van der Waals surface area (Å²) in [6.45, 7) is 10.3. The summed E-state index contributed by atoms with van der Waals surface area (Å²) in [6, 6.07) is 17.8. The molecule has 0 aromatic heterocycles. The van der Waals surface area contributed by atoms with Crippen LogP contribution in [0, 0.1) is 28.1 Å². The highest BCUT2D eigenvalue weighted by atomic mass is 35.5. The van der Waals surface area contributed by atoms with Gasteiger partial charge in [-0.2, -0.15) is 10.5 Å². The second-order valence-corrected chi connectivity index (χ2v) is 11.9. The molecule has 8 heteroatoms. The highest BCUT2D eigenvalue weighted by Gasteiger charge is 2.38. The highest BCUT2D eigenvalue weighted by Crippen LogP contribution is 2.36. The minimum absolute atomic E-state index is 0.0578. The van der Waals surface area contributed by atoms with Gasteiger partial charge in [-0.25, -0.2) is 9.59 Å². The zero-order valence-electron chi connectivity index (χ0n) is 23.0. The third-order valence-electron chi connectivity index (χ3n) is 5.20. The molecule has 0 saturated heterocycles. The number of esters is 2. The Hall–Kier alpha value is -3.58. The van der Waals surface area contributed by atoms with Gasteiger partial charge in [-0.1, -0.05) is 59.6 Å². The molecule has 0 N–H and O–H groups in total. The van der Waals surface area contributed by atoms with Gasteiger partial charge in [-0.05, 0) is 77.0 Å². The van der Waals surface area contributed by atoms with Gasteiger partial charge in [0, 0.05) is 34.0 Å². The number of ether oxygens (including phenoxy) is 2. The molecule has 0 aliphatic rings. The van der Waals surface area contributed by atoms with E-state index in [1.807, 2.05) is 12.1 Å². The first kappa shape index (κ1) is 31.6. The van der Waals surface area contributed by atoms with E-state index in [9.17, 15) is 20.1 Å². The number of halogens is 2. The van der Waals surface area contributed by atoms with Crippen LogP contribution in [0.15, 0.2) is 59.7 Å². The van der Waals surface area contributed by atoms with Crippen LogP contribution in [-0.2, 0) is 19.1 Å². The van der Waals surface area contributed by atoms with Gasteiger partial charge >= 0.3 is 11.9 Å². The number of nitriles is 2. The fraction of sp³-hybridized carbons (Fsp3) is 0.355. The van der Waals surface area contributed by atoms with Crippen molar-refractivity contribution in [3.8, 4) is 12.1 Å². The largest absolute Gasteiger partial charge is 0.457 e. The summed E-state index contributed by atoms with van der Waals surface area (Å²) in [4.78, 5) is 26.5. The molecule has 0 bridgehead atoms. The van der Waals surface area contributed by atoms with Gasteiger partial charge in [-0.3, -0.25) is 0 Å². The highest BCUT2D eigenvalue weighted by molar-refractivity contribution is 6.32. The normalized spacial score (nSPS) is 12.8. The molecule has 0 aliphatic carbocycles. The topological polar surface area (TPSA) is 100 Å². The Labute approximate surface area is 240 Å². The van der Waals surface area contributed by atoms with Crippen LogP contribution in [0.3, 0.4) is 0 Å². The molecule has 0 saturated carbocycles. The quantitative estimate of drug-likeness (QED) is 0.237. The lowest BCUT2D eigenvalue weighted by molar-refractivity contribution is -0.150. The molecule has 0 amide bonds. The summed E-state index contributed by atoms with van der Waals surface area (Å²) < 4.78 is 11.2. The standard InChI is InChI=1S/C31H32Cl2N2O4/c1-29(2,3)38-27(36)23(15-21-11-7-9-13-25(21)32)17-31(19-34,20-35)18-24(28(37)39-30(4,5)6)16-22-12-8-10-14-26(22)33/h7-16H,17-18H2,1-6H3/b23-15+,24-16+. The summed E-state index contributed by atoms with van der Waals surface area (Å²) in [7, 11) is 0. The van der Waals surface area contributed by atoms with Crippen molar-refractivity contribution < 1.29 is 19.1 Å². The summed E-state index contributed by atoms with van der Waals surface area (Å²) >= 11 is 12.7. The van der Waals surface area contributed by atoms with Gasteiger partial charge in [0.15, 0.2) is 5.41 Å². The summed E-state index contributed by atoms with van der Waals surface area (Å²) in [6.07, 6.45) is 2.35. The fourth-order valence-electron chi connectivity index (χ4n) is 3.51. The summed E-state index contributed by atoms with van der Waals surface area (Å²) in [5.74, 6) is -1.41. The van der Waals surface area contributed by atoms with Crippen molar-refractivity contribution >= 4 is 47.3 Å². The van der Waals surface area contributed by atoms with Gasteiger partial charge in [-0.15, -0.1) is 0 Å². The third-order valence-corrected chi connectivity index (χ3v) is 5.89. The van der Waals surface area contributed by atoms with Crippen LogP contribution in [-0.4, -0.2) is 23.1 Å². The van der Waals surface area contributed by atoms with E-state index in [0.717, 1.165) is 0 Å². The smallest absolute Gasteiger partial charge is 0.334 e. The minimum Gasteiger partial charge on any atom is -0.457 e. The van der Waals surface area contributed by atoms with Crippen molar-refractivity contribution in [1.82, 2.24) is 0 Å². The van der Waals surface area contributed by atoms with Crippen LogP contribution in [0.25, 0.3) is 12.2 Å². The molecule has 2 aromatic carbocycles. The molecule has 6 nitrogen and oxygen atoms in total. The average molecular weight is 568 g/mol. The van der Waals surface area contributed by atoms with E-state index in [0.29, 0.717) is 21.2 Å². The van der Waals surface area contributed by atoms with E-state index >= 15 is 0 Å². The predicted molar refractivity (Wildman–Crippen MR) is 153 cm³/mol. The van der Waals surface area contributed by atoms with Crippen molar-refractivity contribution in [2.24, 2.45) is 5.41 Å².